The predicted molar refractivity (Wildman–Crippen MR) is 326 cm³/mol. The first kappa shape index (κ1) is 58.6. The summed E-state index contributed by atoms with van der Waals surface area (Å²) in [5.41, 5.74) is 10.1. The monoisotopic (exact) mass is 1190 g/mol. The van der Waals surface area contributed by atoms with E-state index in [1.807, 2.05) is 72.8 Å². The Morgan fingerprint density at radius 1 is 0.494 bits per heavy atom. The van der Waals surface area contributed by atoms with Crippen LogP contribution in [-0.4, -0.2) is 76.1 Å². The number of aldehydes is 1. The first-order chi connectivity index (χ1) is 43.3. The molecule has 89 heavy (non-hydrogen) atoms. The second-order valence-corrected chi connectivity index (χ2v) is 21.5. The Kier molecular flexibility index (Phi) is 16.6. The minimum absolute atomic E-state index is 0.0953. The van der Waals surface area contributed by atoms with Crippen LogP contribution in [0, 0.1) is 17.5 Å². The van der Waals surface area contributed by atoms with Gasteiger partial charge in [0, 0.05) is 86.7 Å². The minimum Gasteiger partial charge on any atom is -0.505 e. The van der Waals surface area contributed by atoms with Gasteiger partial charge in [-0.05, 0) is 110 Å². The zero-order valence-corrected chi connectivity index (χ0v) is 47.8. The fraction of sp³-hybridized carbons (Fsp3) is 0.141. The summed E-state index contributed by atoms with van der Waals surface area (Å²) in [4.78, 5) is 69.7. The third-order valence-electron chi connectivity index (χ3n) is 16.1. The number of hydrogen-bond acceptors (Lipinski definition) is 12. The molecule has 0 spiro atoms. The summed E-state index contributed by atoms with van der Waals surface area (Å²) in [5, 5.41) is 33.0. The Hall–Kier alpha value is -10.8. The number of ether oxygens (including phenoxy) is 2. The number of carbonyl (C=O) groups excluding carboxylic acids is 4. The van der Waals surface area contributed by atoms with Crippen LogP contribution in [0.15, 0.2) is 188 Å². The molecular formula is C71H55F3N6O9. The van der Waals surface area contributed by atoms with Gasteiger partial charge < -0.3 is 39.5 Å². The van der Waals surface area contributed by atoms with Crippen LogP contribution in [0.25, 0.3) is 32.7 Å². The van der Waals surface area contributed by atoms with Crippen LogP contribution in [0.1, 0.15) is 103 Å². The average molecular weight is 1190 g/mol. The third kappa shape index (κ3) is 11.5. The van der Waals surface area contributed by atoms with Crippen LogP contribution in [0.5, 0.6) is 17.2 Å². The van der Waals surface area contributed by atoms with E-state index in [1.165, 1.54) is 42.6 Å². The number of fused-ring (bicyclic) bond motifs is 6. The molecule has 0 unspecified atom stereocenters. The van der Waals surface area contributed by atoms with E-state index in [2.05, 4.69) is 15.0 Å². The molecule has 0 fully saturated rings. The number of benzene rings is 8. The lowest BCUT2D eigenvalue weighted by Crippen LogP contribution is -2.23. The largest absolute Gasteiger partial charge is 0.505 e. The maximum absolute atomic E-state index is 13.9. The van der Waals surface area contributed by atoms with Crippen molar-refractivity contribution in [3.8, 4) is 17.2 Å². The summed E-state index contributed by atoms with van der Waals surface area (Å²) in [5.74, 6) is -1.73. The van der Waals surface area contributed by atoms with Gasteiger partial charge in [0.25, 0.3) is 17.7 Å². The van der Waals surface area contributed by atoms with Crippen molar-refractivity contribution in [2.24, 2.45) is 0 Å². The van der Waals surface area contributed by atoms with E-state index in [-0.39, 0.29) is 84.0 Å². The number of amides is 3. The van der Waals surface area contributed by atoms with Crippen LogP contribution in [0.2, 0.25) is 0 Å². The Labute approximate surface area is 508 Å². The number of methoxy groups -OCH3 is 1. The fourth-order valence-corrected chi connectivity index (χ4v) is 11.9. The quantitative estimate of drug-likeness (QED) is 0.0873. The van der Waals surface area contributed by atoms with Gasteiger partial charge in [-0.1, -0.05) is 115 Å². The van der Waals surface area contributed by atoms with Crippen LogP contribution in [0.3, 0.4) is 0 Å². The van der Waals surface area contributed by atoms with E-state index >= 15 is 0 Å². The summed E-state index contributed by atoms with van der Waals surface area (Å²) >= 11 is 0. The molecule has 0 saturated carbocycles. The van der Waals surface area contributed by atoms with Crippen molar-refractivity contribution in [1.82, 2.24) is 29.7 Å². The van der Waals surface area contributed by atoms with Crippen LogP contribution in [-0.2, 0) is 57.2 Å². The normalized spacial score (nSPS) is 13.1. The van der Waals surface area contributed by atoms with Gasteiger partial charge in [-0.25, -0.2) is 13.2 Å². The minimum atomic E-state index is -0.507. The molecule has 3 N–H and O–H groups in total. The van der Waals surface area contributed by atoms with Gasteiger partial charge in [0.1, 0.15) is 40.1 Å². The number of aliphatic hydroxyl groups excluding tert-OH is 1. The highest BCUT2D eigenvalue weighted by atomic mass is 19.1. The molecular weight excluding hydrogens is 1140 g/mol. The van der Waals surface area contributed by atoms with Crippen molar-refractivity contribution in [3.05, 3.63) is 284 Å². The van der Waals surface area contributed by atoms with Gasteiger partial charge in [-0.3, -0.25) is 34.1 Å². The second kappa shape index (κ2) is 25.3. The van der Waals surface area contributed by atoms with Gasteiger partial charge in [0.05, 0.1) is 29.9 Å². The number of rotatable bonds is 14. The zero-order chi connectivity index (χ0) is 61.9. The standard InChI is InChI=1S/C32H23FN2O3.C20H17FN2O3.C19H15FN2O3/c33-24-15-13-21(14-16-24)18-35-19-26-27(20-36)25-12-7-17-34-29(25)31(28(26)32(35)37)38-30(22-8-3-1-4-9-22)23-10-5-2-6-11-23;1-26-11-16-14-3-2-8-22-18(14)19(24)17-15(16)10-23(20(17)25)9-12-4-6-13(21)7-5-12;20-12-5-3-11(4-6-12)8-22-9-14-15(10-23)13-2-1-7-21-17(13)18(24)16(14)19(22)25/h1-17,20,30H,18-19H2;2-8,24H,9-11H2,1H3;1-7,23-24H,8-10H2. The van der Waals surface area contributed by atoms with Gasteiger partial charge in [0.15, 0.2) is 23.5 Å². The molecule has 3 aliphatic rings. The van der Waals surface area contributed by atoms with Crippen molar-refractivity contribution in [1.29, 1.82) is 0 Å². The lowest BCUT2D eigenvalue weighted by atomic mass is 9.96. The van der Waals surface area contributed by atoms with Crippen molar-refractivity contribution >= 4 is 56.7 Å². The summed E-state index contributed by atoms with van der Waals surface area (Å²) < 4.78 is 51.7. The number of phenolic OH excluding ortho intramolecular Hbond substituents is 2. The molecule has 8 aromatic carbocycles. The average Bonchev–Trinajstić information content (AvgIpc) is 3.15. The molecule has 444 valence electrons. The summed E-state index contributed by atoms with van der Waals surface area (Å²) in [6.45, 7) is 1.86. The first-order valence-corrected chi connectivity index (χ1v) is 28.4. The lowest BCUT2D eigenvalue weighted by Gasteiger charge is -2.23. The van der Waals surface area contributed by atoms with E-state index in [4.69, 9.17) is 9.47 Å². The number of hydrogen-bond donors (Lipinski definition) is 3. The highest BCUT2D eigenvalue weighted by molar-refractivity contribution is 6.12. The molecule has 0 aliphatic carbocycles. The van der Waals surface area contributed by atoms with Crippen LogP contribution < -0.4 is 4.74 Å². The molecule has 14 rings (SSSR count). The summed E-state index contributed by atoms with van der Waals surface area (Å²) in [7, 11) is 1.59. The molecule has 3 amide bonds. The molecule has 0 saturated heterocycles. The first-order valence-electron chi connectivity index (χ1n) is 28.4. The van der Waals surface area contributed by atoms with Crippen LogP contribution in [0.4, 0.5) is 13.2 Å². The highest BCUT2D eigenvalue weighted by Crippen LogP contribution is 2.45. The molecule has 3 aromatic heterocycles. The SMILES string of the molecule is COCc1c2c(c(O)c3ncccc13)C(=O)N(Cc1ccc(F)cc1)C2.O=C1c2c(c(CO)c3cccnc3c2O)CN1Cc1ccc(F)cc1.O=Cc1c2c(c(OC(c3ccccc3)c3ccccc3)c3ncccc13)C(=O)N(Cc1ccc(F)cc1)C2. The Balaban J connectivity index is 0.000000134. The van der Waals surface area contributed by atoms with Gasteiger partial charge >= 0.3 is 0 Å². The summed E-state index contributed by atoms with van der Waals surface area (Å²) in [6, 6.07) is 48.4. The van der Waals surface area contributed by atoms with Crippen molar-refractivity contribution < 1.29 is 57.1 Å². The number of pyridine rings is 3. The number of aliphatic hydroxyl groups is 1. The fourth-order valence-electron chi connectivity index (χ4n) is 11.9. The van der Waals surface area contributed by atoms with Crippen molar-refractivity contribution in [2.45, 2.75) is 58.6 Å². The molecule has 0 atom stereocenters. The zero-order valence-electron chi connectivity index (χ0n) is 47.8. The Morgan fingerprint density at radius 2 is 0.888 bits per heavy atom. The molecule has 11 aromatic rings. The number of phenols is 2. The molecule has 15 nitrogen and oxygen atoms in total. The van der Waals surface area contributed by atoms with Crippen molar-refractivity contribution in [2.75, 3.05) is 7.11 Å². The number of carbonyl (C=O) groups is 4. The number of halogens is 3. The Morgan fingerprint density at radius 3 is 1.31 bits per heavy atom. The van der Waals surface area contributed by atoms with Crippen LogP contribution >= 0.6 is 0 Å². The molecule has 3 aliphatic heterocycles. The maximum atomic E-state index is 13.9. The molecule has 0 bridgehead atoms. The Bertz CT molecular complexity index is 4480. The van der Waals surface area contributed by atoms with Gasteiger partial charge in [-0.15, -0.1) is 0 Å². The van der Waals surface area contributed by atoms with Crippen molar-refractivity contribution in [3.63, 3.8) is 0 Å². The number of aromatic nitrogens is 3. The third-order valence-corrected chi connectivity index (χ3v) is 16.1. The molecule has 0 radical (unpaired) electrons. The topological polar surface area (TPSA) is 196 Å². The lowest BCUT2D eigenvalue weighted by molar-refractivity contribution is 0.0755. The smallest absolute Gasteiger partial charge is 0.258 e. The van der Waals surface area contributed by atoms with E-state index in [0.29, 0.717) is 87.1 Å². The predicted octanol–water partition coefficient (Wildman–Crippen LogP) is 12.6. The van der Waals surface area contributed by atoms with E-state index < -0.39 is 6.10 Å². The number of nitrogens with zero attached hydrogens (tertiary/aromatic N) is 6. The molecule has 6 heterocycles. The highest BCUT2D eigenvalue weighted by Gasteiger charge is 2.39. The summed E-state index contributed by atoms with van der Waals surface area (Å²) in [6.07, 6.45) is 5.03. The van der Waals surface area contributed by atoms with Gasteiger partial charge in [-0.2, -0.15) is 0 Å². The van der Waals surface area contributed by atoms with Gasteiger partial charge in [0.2, 0.25) is 0 Å². The number of aromatic hydroxyl groups is 2. The van der Waals surface area contributed by atoms with E-state index in [1.54, 1.807) is 94.9 Å². The van der Waals surface area contributed by atoms with E-state index in [9.17, 15) is 47.7 Å². The van der Waals surface area contributed by atoms with E-state index in [0.717, 1.165) is 50.6 Å². The molecule has 18 heteroatoms. The second-order valence-electron chi connectivity index (χ2n) is 21.5. The maximum Gasteiger partial charge on any atom is 0.258 e.